The van der Waals surface area contributed by atoms with Gasteiger partial charge in [0.2, 0.25) is 0 Å². The van der Waals surface area contributed by atoms with Crippen molar-refractivity contribution in [3.05, 3.63) is 47.2 Å². The molecule has 0 saturated carbocycles. The van der Waals surface area contributed by atoms with E-state index in [4.69, 9.17) is 5.73 Å². The number of primary amides is 1. The van der Waals surface area contributed by atoms with Gasteiger partial charge in [0.25, 0.3) is 5.91 Å². The Balaban J connectivity index is 2.01. The molecule has 0 unspecified atom stereocenters. The molecule has 0 fully saturated rings. The molecule has 0 spiro atoms. The lowest BCUT2D eigenvalue weighted by molar-refractivity contribution is -0.173. The van der Waals surface area contributed by atoms with E-state index in [9.17, 15) is 18.0 Å². The number of hydrogen-bond acceptors (Lipinski definition) is 3. The van der Waals surface area contributed by atoms with Crippen LogP contribution in [0.5, 0.6) is 0 Å². The van der Waals surface area contributed by atoms with Gasteiger partial charge < -0.3 is 11.1 Å². The number of carbonyl (C=O) groups excluding carboxylic acids is 1. The number of halogens is 3. The van der Waals surface area contributed by atoms with Gasteiger partial charge >= 0.3 is 6.18 Å². The van der Waals surface area contributed by atoms with Gasteiger partial charge in [-0.3, -0.25) is 4.79 Å². The number of carbonyl (C=O) groups is 1. The van der Waals surface area contributed by atoms with Gasteiger partial charge in [-0.25, -0.2) is 4.68 Å². The van der Waals surface area contributed by atoms with Gasteiger partial charge in [-0.2, -0.15) is 18.3 Å². The summed E-state index contributed by atoms with van der Waals surface area (Å²) in [5.74, 6) is -0.723. The van der Waals surface area contributed by atoms with Crippen LogP contribution in [0.25, 0.3) is 0 Å². The Labute approximate surface area is 130 Å². The number of amides is 1. The first-order valence-corrected chi connectivity index (χ1v) is 7.05. The zero-order valence-corrected chi connectivity index (χ0v) is 12.3. The fraction of sp³-hybridized carbons (Fsp3) is 0.333. The Morgan fingerprint density at radius 3 is 2.57 bits per heavy atom. The summed E-state index contributed by atoms with van der Waals surface area (Å²) in [5.41, 5.74) is 6.70. The quantitative estimate of drug-likeness (QED) is 0.892. The predicted molar refractivity (Wildman–Crippen MR) is 78.0 cm³/mol. The van der Waals surface area contributed by atoms with Crippen LogP contribution in [0, 0.1) is 6.92 Å². The minimum atomic E-state index is -4.47. The molecule has 122 valence electrons. The molecule has 1 aliphatic heterocycles. The number of aromatic nitrogens is 2. The second-order valence-corrected chi connectivity index (χ2v) is 5.62. The summed E-state index contributed by atoms with van der Waals surface area (Å²) in [4.78, 5) is 11.2. The molecule has 1 aliphatic rings. The van der Waals surface area contributed by atoms with Crippen LogP contribution in [0.1, 0.15) is 40.1 Å². The Bertz CT molecular complexity index is 736. The second kappa shape index (κ2) is 5.29. The van der Waals surface area contributed by atoms with Crippen molar-refractivity contribution in [3.8, 4) is 0 Å². The SMILES string of the molecule is Cc1ccc([C@H]2C[C@H](C(F)(F)F)n3nc(C(N)=O)cc3N2)cc1. The first-order valence-electron chi connectivity index (χ1n) is 7.05. The maximum absolute atomic E-state index is 13.4. The summed E-state index contributed by atoms with van der Waals surface area (Å²) < 4.78 is 40.9. The summed E-state index contributed by atoms with van der Waals surface area (Å²) in [5, 5.41) is 6.70. The normalized spacial score (nSPS) is 20.7. The number of alkyl halides is 3. The van der Waals surface area contributed by atoms with Crippen LogP contribution < -0.4 is 11.1 Å². The molecule has 1 amide bonds. The van der Waals surface area contributed by atoms with Crippen molar-refractivity contribution in [2.45, 2.75) is 31.6 Å². The molecule has 0 saturated heterocycles. The van der Waals surface area contributed by atoms with Crippen molar-refractivity contribution in [2.24, 2.45) is 5.73 Å². The highest BCUT2D eigenvalue weighted by Gasteiger charge is 2.46. The number of fused-ring (bicyclic) bond motifs is 1. The molecular weight excluding hydrogens is 309 g/mol. The first-order chi connectivity index (χ1) is 10.8. The van der Waals surface area contributed by atoms with Crippen molar-refractivity contribution in [3.63, 3.8) is 0 Å². The summed E-state index contributed by atoms with van der Waals surface area (Å²) in [6.45, 7) is 1.91. The summed E-state index contributed by atoms with van der Waals surface area (Å²) in [6.07, 6.45) is -4.68. The molecule has 5 nitrogen and oxygen atoms in total. The van der Waals surface area contributed by atoms with Crippen molar-refractivity contribution >= 4 is 11.7 Å². The van der Waals surface area contributed by atoms with E-state index in [1.54, 1.807) is 12.1 Å². The largest absolute Gasteiger partial charge is 0.410 e. The van der Waals surface area contributed by atoms with Gasteiger partial charge in [0.05, 0.1) is 6.04 Å². The minimum absolute atomic E-state index is 0.137. The van der Waals surface area contributed by atoms with Gasteiger partial charge in [0.1, 0.15) is 5.82 Å². The summed E-state index contributed by atoms with van der Waals surface area (Å²) >= 11 is 0. The summed E-state index contributed by atoms with van der Waals surface area (Å²) in [6, 6.07) is 6.20. The van der Waals surface area contributed by atoms with E-state index >= 15 is 0 Å². The molecule has 3 N–H and O–H groups in total. The standard InChI is InChI=1S/C15H15F3N4O/c1-8-2-4-9(5-3-8)10-6-12(15(16,17)18)22-13(20-10)7-11(21-22)14(19)23/h2-5,7,10,12,20H,6H2,1H3,(H2,19,23)/t10-,12-/m1/s1. The number of nitrogens with zero attached hydrogens (tertiary/aromatic N) is 2. The third-order valence-electron chi connectivity index (χ3n) is 3.92. The molecule has 3 rings (SSSR count). The van der Waals surface area contributed by atoms with E-state index in [2.05, 4.69) is 10.4 Å². The smallest absolute Gasteiger partial charge is 0.364 e. The predicted octanol–water partition coefficient (Wildman–Crippen LogP) is 2.95. The molecule has 8 heteroatoms. The Morgan fingerprint density at radius 1 is 1.35 bits per heavy atom. The van der Waals surface area contributed by atoms with E-state index in [-0.39, 0.29) is 17.9 Å². The van der Waals surface area contributed by atoms with E-state index in [0.29, 0.717) is 0 Å². The highest BCUT2D eigenvalue weighted by atomic mass is 19.4. The maximum Gasteiger partial charge on any atom is 0.410 e. The zero-order valence-electron chi connectivity index (χ0n) is 12.3. The topological polar surface area (TPSA) is 72.9 Å². The molecule has 0 bridgehead atoms. The highest BCUT2D eigenvalue weighted by molar-refractivity contribution is 5.91. The molecule has 1 aromatic heterocycles. The molecular formula is C15H15F3N4O. The van der Waals surface area contributed by atoms with E-state index in [0.717, 1.165) is 15.8 Å². The highest BCUT2D eigenvalue weighted by Crippen LogP contribution is 2.43. The molecule has 0 radical (unpaired) electrons. The molecule has 2 heterocycles. The van der Waals surface area contributed by atoms with Crippen LogP contribution in [0.3, 0.4) is 0 Å². The molecule has 2 atom stereocenters. The number of nitrogens with two attached hydrogens (primary N) is 1. The third kappa shape index (κ3) is 2.88. The van der Waals surface area contributed by atoms with E-state index < -0.39 is 24.2 Å². The van der Waals surface area contributed by atoms with E-state index in [1.165, 1.54) is 6.07 Å². The second-order valence-electron chi connectivity index (χ2n) is 5.62. The lowest BCUT2D eigenvalue weighted by Crippen LogP contribution is -2.35. The third-order valence-corrected chi connectivity index (χ3v) is 3.92. The monoisotopic (exact) mass is 324 g/mol. The minimum Gasteiger partial charge on any atom is -0.364 e. The van der Waals surface area contributed by atoms with Crippen molar-refractivity contribution in [1.82, 2.24) is 9.78 Å². The van der Waals surface area contributed by atoms with Crippen LogP contribution in [0.4, 0.5) is 19.0 Å². The fourth-order valence-corrected chi connectivity index (χ4v) is 2.71. The van der Waals surface area contributed by atoms with Crippen LogP contribution in [0.15, 0.2) is 30.3 Å². The average molecular weight is 324 g/mol. The average Bonchev–Trinajstić information content (AvgIpc) is 2.90. The van der Waals surface area contributed by atoms with Gasteiger partial charge in [0, 0.05) is 12.5 Å². The molecule has 1 aromatic carbocycles. The van der Waals surface area contributed by atoms with Crippen LogP contribution >= 0.6 is 0 Å². The van der Waals surface area contributed by atoms with Crippen LogP contribution in [-0.2, 0) is 0 Å². The Kier molecular flexibility index (Phi) is 3.54. The first kappa shape index (κ1) is 15.4. The Hall–Kier alpha value is -2.51. The lowest BCUT2D eigenvalue weighted by atomic mass is 9.96. The molecule has 0 aliphatic carbocycles. The van der Waals surface area contributed by atoms with Crippen LogP contribution in [0.2, 0.25) is 0 Å². The zero-order chi connectivity index (χ0) is 16.8. The summed E-state index contributed by atoms with van der Waals surface area (Å²) in [7, 11) is 0. The number of aryl methyl sites for hydroxylation is 1. The van der Waals surface area contributed by atoms with Crippen molar-refractivity contribution in [1.29, 1.82) is 0 Å². The van der Waals surface area contributed by atoms with Gasteiger partial charge in [-0.05, 0) is 12.5 Å². The number of hydrogen-bond donors (Lipinski definition) is 2. The maximum atomic E-state index is 13.4. The van der Waals surface area contributed by atoms with E-state index in [1.807, 2.05) is 19.1 Å². The van der Waals surface area contributed by atoms with Crippen LogP contribution in [-0.4, -0.2) is 21.9 Å². The molecule has 23 heavy (non-hydrogen) atoms. The number of rotatable bonds is 2. The van der Waals surface area contributed by atoms with Crippen molar-refractivity contribution < 1.29 is 18.0 Å². The lowest BCUT2D eigenvalue weighted by Gasteiger charge is -2.33. The molecule has 2 aromatic rings. The number of anilines is 1. The van der Waals surface area contributed by atoms with Gasteiger partial charge in [-0.1, -0.05) is 29.8 Å². The number of benzene rings is 1. The Morgan fingerprint density at radius 2 is 2.00 bits per heavy atom. The van der Waals surface area contributed by atoms with Crippen molar-refractivity contribution in [2.75, 3.05) is 5.32 Å². The van der Waals surface area contributed by atoms with Gasteiger partial charge in [0.15, 0.2) is 11.7 Å². The van der Waals surface area contributed by atoms with Gasteiger partial charge in [-0.15, -0.1) is 0 Å². The number of nitrogens with one attached hydrogen (secondary N) is 1. The fourth-order valence-electron chi connectivity index (χ4n) is 2.71.